The molecule has 0 fully saturated rings. The standard InChI is InChI=1S/C20H33N7O7/c1-9(2)16(27-18(31)15(22)10(3)28)19(32)25-12(4-5-14(21)29)17(30)26-13(20(33)34)6-11-7-23-8-24-11/h7-10,12-13,15-16,28H,4-6,22H2,1-3H3,(H2,21,29)(H,23,24)(H,25,32)(H,26,30)(H,27,31)(H,33,34). The molecule has 14 heteroatoms. The van der Waals surface area contributed by atoms with Crippen molar-refractivity contribution < 1.29 is 34.2 Å². The zero-order chi connectivity index (χ0) is 26.0. The molecule has 0 aliphatic carbocycles. The van der Waals surface area contributed by atoms with E-state index in [1.807, 2.05) is 0 Å². The largest absolute Gasteiger partial charge is 0.480 e. The van der Waals surface area contributed by atoms with Crippen molar-refractivity contribution >= 4 is 29.6 Å². The molecule has 0 saturated carbocycles. The van der Waals surface area contributed by atoms with E-state index in [0.29, 0.717) is 5.69 Å². The molecule has 1 rings (SSSR count). The Kier molecular flexibility index (Phi) is 11.1. The quantitative estimate of drug-likeness (QED) is 0.135. The average Bonchev–Trinajstić information content (AvgIpc) is 3.25. The SMILES string of the molecule is CC(C)C(NC(=O)C(N)C(C)O)C(=O)NC(CCC(N)=O)C(=O)NC(Cc1cnc[nH]1)C(=O)O. The molecule has 10 N–H and O–H groups in total. The highest BCUT2D eigenvalue weighted by Gasteiger charge is 2.32. The van der Waals surface area contributed by atoms with E-state index in [0.717, 1.165) is 0 Å². The van der Waals surface area contributed by atoms with Crippen LogP contribution in [-0.4, -0.2) is 80.1 Å². The summed E-state index contributed by atoms with van der Waals surface area (Å²) in [6.07, 6.45) is 1.04. The molecule has 0 bridgehead atoms. The molecule has 0 aliphatic rings. The van der Waals surface area contributed by atoms with Crippen LogP contribution in [-0.2, 0) is 30.4 Å². The van der Waals surface area contributed by atoms with Crippen LogP contribution in [0.15, 0.2) is 12.5 Å². The molecule has 1 aromatic heterocycles. The zero-order valence-corrected chi connectivity index (χ0v) is 19.3. The third-order valence-corrected chi connectivity index (χ3v) is 4.98. The first kappa shape index (κ1) is 28.5. The van der Waals surface area contributed by atoms with Gasteiger partial charge in [-0.25, -0.2) is 9.78 Å². The lowest BCUT2D eigenvalue weighted by Crippen LogP contribution is -2.59. The molecule has 0 saturated heterocycles. The van der Waals surface area contributed by atoms with Gasteiger partial charge in [0.25, 0.3) is 0 Å². The monoisotopic (exact) mass is 483 g/mol. The van der Waals surface area contributed by atoms with Gasteiger partial charge in [0.05, 0.1) is 12.4 Å². The maximum absolute atomic E-state index is 12.9. The number of carbonyl (C=O) groups excluding carboxylic acids is 4. The average molecular weight is 484 g/mol. The highest BCUT2D eigenvalue weighted by Crippen LogP contribution is 2.07. The lowest BCUT2D eigenvalue weighted by atomic mass is 10.0. The molecule has 190 valence electrons. The summed E-state index contributed by atoms with van der Waals surface area (Å²) < 4.78 is 0. The Bertz CT molecular complexity index is 857. The number of primary amides is 1. The third-order valence-electron chi connectivity index (χ3n) is 4.98. The van der Waals surface area contributed by atoms with Gasteiger partial charge in [-0.3, -0.25) is 19.2 Å². The molecule has 34 heavy (non-hydrogen) atoms. The second-order valence-electron chi connectivity index (χ2n) is 8.24. The van der Waals surface area contributed by atoms with E-state index in [9.17, 15) is 34.2 Å². The van der Waals surface area contributed by atoms with Crippen molar-refractivity contribution in [2.24, 2.45) is 17.4 Å². The van der Waals surface area contributed by atoms with Gasteiger partial charge in [0.1, 0.15) is 24.2 Å². The van der Waals surface area contributed by atoms with Crippen LogP contribution in [0, 0.1) is 5.92 Å². The number of carboxylic acids is 1. The van der Waals surface area contributed by atoms with E-state index < -0.39 is 65.8 Å². The van der Waals surface area contributed by atoms with Crippen molar-refractivity contribution in [2.75, 3.05) is 0 Å². The fraction of sp³-hybridized carbons (Fsp3) is 0.600. The first-order valence-corrected chi connectivity index (χ1v) is 10.7. The fourth-order valence-electron chi connectivity index (χ4n) is 2.91. The highest BCUT2D eigenvalue weighted by molar-refractivity contribution is 5.94. The van der Waals surface area contributed by atoms with Crippen molar-refractivity contribution in [3.63, 3.8) is 0 Å². The number of aliphatic hydroxyl groups excluding tert-OH is 1. The number of carbonyl (C=O) groups is 5. The second kappa shape index (κ2) is 13.3. The highest BCUT2D eigenvalue weighted by atomic mass is 16.4. The summed E-state index contributed by atoms with van der Waals surface area (Å²) in [7, 11) is 0. The predicted octanol–water partition coefficient (Wildman–Crippen LogP) is -2.88. The van der Waals surface area contributed by atoms with Gasteiger partial charge >= 0.3 is 5.97 Å². The van der Waals surface area contributed by atoms with Gasteiger partial charge in [-0.15, -0.1) is 0 Å². The van der Waals surface area contributed by atoms with Crippen LogP contribution >= 0.6 is 0 Å². The summed E-state index contributed by atoms with van der Waals surface area (Å²) in [6, 6.07) is -5.05. The number of aromatic nitrogens is 2. The summed E-state index contributed by atoms with van der Waals surface area (Å²) in [5.74, 6) is -4.86. The number of amides is 4. The number of imidazole rings is 1. The van der Waals surface area contributed by atoms with Gasteiger partial charge in [-0.05, 0) is 19.3 Å². The number of rotatable bonds is 14. The number of nitrogens with zero attached hydrogens (tertiary/aromatic N) is 1. The number of hydrogen-bond donors (Lipinski definition) is 8. The normalized spacial score (nSPS) is 15.5. The Morgan fingerprint density at radius 3 is 2.12 bits per heavy atom. The van der Waals surface area contributed by atoms with Crippen LogP contribution in [0.3, 0.4) is 0 Å². The van der Waals surface area contributed by atoms with Gasteiger partial charge in [-0.2, -0.15) is 0 Å². The molecule has 0 aliphatic heterocycles. The number of aromatic amines is 1. The van der Waals surface area contributed by atoms with Crippen molar-refractivity contribution in [1.82, 2.24) is 25.9 Å². The van der Waals surface area contributed by atoms with E-state index in [1.54, 1.807) is 13.8 Å². The lowest BCUT2D eigenvalue weighted by molar-refractivity contribution is -0.142. The Morgan fingerprint density at radius 1 is 1.03 bits per heavy atom. The number of aliphatic hydroxyl groups is 1. The van der Waals surface area contributed by atoms with Crippen LogP contribution < -0.4 is 27.4 Å². The summed E-state index contributed by atoms with van der Waals surface area (Å²) in [5, 5.41) is 26.2. The number of H-pyrrole nitrogens is 1. The van der Waals surface area contributed by atoms with E-state index >= 15 is 0 Å². The first-order valence-electron chi connectivity index (χ1n) is 10.7. The van der Waals surface area contributed by atoms with E-state index in [1.165, 1.54) is 19.4 Å². The molecule has 1 aromatic rings. The molecular formula is C20H33N7O7. The number of nitrogens with one attached hydrogen (secondary N) is 4. The molecule has 0 spiro atoms. The summed E-state index contributed by atoms with van der Waals surface area (Å²) in [6.45, 7) is 4.60. The zero-order valence-electron chi connectivity index (χ0n) is 19.3. The van der Waals surface area contributed by atoms with E-state index in [4.69, 9.17) is 11.5 Å². The summed E-state index contributed by atoms with van der Waals surface area (Å²) >= 11 is 0. The number of aliphatic carboxylic acids is 1. The molecule has 14 nitrogen and oxygen atoms in total. The van der Waals surface area contributed by atoms with Crippen molar-refractivity contribution in [3.8, 4) is 0 Å². The Hall–Kier alpha value is -3.52. The first-order chi connectivity index (χ1) is 15.8. The minimum absolute atomic E-state index is 0.0977. The van der Waals surface area contributed by atoms with Crippen LogP contribution in [0.25, 0.3) is 0 Å². The van der Waals surface area contributed by atoms with Crippen LogP contribution in [0.2, 0.25) is 0 Å². The maximum atomic E-state index is 12.9. The van der Waals surface area contributed by atoms with E-state index in [-0.39, 0.29) is 19.3 Å². The van der Waals surface area contributed by atoms with Gasteiger partial charge in [0.15, 0.2) is 0 Å². The van der Waals surface area contributed by atoms with E-state index in [2.05, 4.69) is 25.9 Å². The number of nitrogens with two attached hydrogens (primary N) is 2. The van der Waals surface area contributed by atoms with Gasteiger partial charge in [0, 0.05) is 24.7 Å². The Labute approximate surface area is 196 Å². The molecule has 1 heterocycles. The molecule has 5 atom stereocenters. The molecule has 0 radical (unpaired) electrons. The van der Waals surface area contributed by atoms with Crippen molar-refractivity contribution in [3.05, 3.63) is 18.2 Å². The molecular weight excluding hydrogens is 450 g/mol. The minimum Gasteiger partial charge on any atom is -0.480 e. The van der Waals surface area contributed by atoms with Crippen molar-refractivity contribution in [1.29, 1.82) is 0 Å². The topological polar surface area (TPSA) is 243 Å². The molecule has 0 aromatic carbocycles. The van der Waals surface area contributed by atoms with Crippen LogP contribution in [0.4, 0.5) is 0 Å². The third kappa shape index (κ3) is 9.15. The van der Waals surface area contributed by atoms with Gasteiger partial charge in [-0.1, -0.05) is 13.8 Å². The fourth-order valence-corrected chi connectivity index (χ4v) is 2.91. The number of carboxylic acid groups (broad SMARTS) is 1. The second-order valence-corrected chi connectivity index (χ2v) is 8.24. The Morgan fingerprint density at radius 2 is 1.65 bits per heavy atom. The lowest BCUT2D eigenvalue weighted by Gasteiger charge is -2.27. The predicted molar refractivity (Wildman–Crippen MR) is 119 cm³/mol. The van der Waals surface area contributed by atoms with Crippen LogP contribution in [0.1, 0.15) is 39.3 Å². The van der Waals surface area contributed by atoms with Gasteiger partial charge < -0.3 is 42.6 Å². The van der Waals surface area contributed by atoms with Crippen molar-refractivity contribution in [2.45, 2.75) is 70.3 Å². The molecule has 5 unspecified atom stereocenters. The van der Waals surface area contributed by atoms with Crippen LogP contribution in [0.5, 0.6) is 0 Å². The molecule has 4 amide bonds. The number of hydrogen-bond acceptors (Lipinski definition) is 8. The van der Waals surface area contributed by atoms with Gasteiger partial charge in [0.2, 0.25) is 23.6 Å². The summed E-state index contributed by atoms with van der Waals surface area (Å²) in [5.41, 5.74) is 11.2. The minimum atomic E-state index is -1.34. The summed E-state index contributed by atoms with van der Waals surface area (Å²) in [4.78, 5) is 67.4. The Balaban J connectivity index is 2.99. The maximum Gasteiger partial charge on any atom is 0.326 e. The smallest absolute Gasteiger partial charge is 0.326 e.